The summed E-state index contributed by atoms with van der Waals surface area (Å²) < 4.78 is 1.07. The molecule has 1 aromatic heterocycles. The van der Waals surface area contributed by atoms with Crippen LogP contribution in [0.1, 0.15) is 22.3 Å². The van der Waals surface area contributed by atoms with Gasteiger partial charge in [0.05, 0.1) is 23.2 Å². The number of aromatic nitrogens is 1. The third kappa shape index (κ3) is 4.36. The molecule has 0 bridgehead atoms. The Labute approximate surface area is 189 Å². The van der Waals surface area contributed by atoms with Gasteiger partial charge in [-0.25, -0.2) is 4.98 Å². The van der Waals surface area contributed by atoms with Gasteiger partial charge in [0.2, 0.25) is 5.91 Å². The van der Waals surface area contributed by atoms with Crippen molar-refractivity contribution in [1.29, 1.82) is 0 Å². The quantitative estimate of drug-likeness (QED) is 0.325. The zero-order valence-corrected chi connectivity index (χ0v) is 19.0. The Bertz CT molecular complexity index is 1200. The SMILES string of the molecule is Cc1cc(C)c2nc(N(Cc3ccccc3)C(=O)Cc3c(Cl)cccc3Cl)sc2c1. The second-order valence-electron chi connectivity index (χ2n) is 7.27. The molecule has 0 aliphatic carbocycles. The number of hydrogen-bond acceptors (Lipinski definition) is 3. The third-order valence-electron chi connectivity index (χ3n) is 4.92. The van der Waals surface area contributed by atoms with E-state index in [2.05, 4.69) is 19.1 Å². The second-order valence-corrected chi connectivity index (χ2v) is 9.09. The van der Waals surface area contributed by atoms with Crippen LogP contribution in [-0.4, -0.2) is 10.9 Å². The predicted octanol–water partition coefficient (Wildman–Crippen LogP) is 7.00. The molecule has 0 aliphatic heterocycles. The van der Waals surface area contributed by atoms with Crippen LogP contribution in [0.3, 0.4) is 0 Å². The first kappa shape index (κ1) is 20.9. The summed E-state index contributed by atoms with van der Waals surface area (Å²) in [7, 11) is 0. The molecule has 3 aromatic carbocycles. The summed E-state index contributed by atoms with van der Waals surface area (Å²) in [6.45, 7) is 4.55. The lowest BCUT2D eigenvalue weighted by molar-refractivity contribution is -0.118. The summed E-state index contributed by atoms with van der Waals surface area (Å²) in [4.78, 5) is 20.0. The fourth-order valence-corrected chi connectivity index (χ4v) is 5.14. The van der Waals surface area contributed by atoms with Crippen LogP contribution in [0.5, 0.6) is 0 Å². The maximum absolute atomic E-state index is 13.4. The Balaban J connectivity index is 1.74. The largest absolute Gasteiger partial charge is 0.283 e. The molecule has 0 N–H and O–H groups in total. The number of carbonyl (C=O) groups is 1. The zero-order valence-electron chi connectivity index (χ0n) is 16.7. The molecule has 0 unspecified atom stereocenters. The summed E-state index contributed by atoms with van der Waals surface area (Å²) in [6, 6.07) is 19.4. The van der Waals surface area contributed by atoms with E-state index in [1.54, 1.807) is 23.1 Å². The van der Waals surface area contributed by atoms with E-state index in [4.69, 9.17) is 28.2 Å². The molecule has 152 valence electrons. The van der Waals surface area contributed by atoms with E-state index in [0.29, 0.717) is 27.3 Å². The van der Waals surface area contributed by atoms with Crippen molar-refractivity contribution in [3.8, 4) is 0 Å². The molecule has 0 saturated heterocycles. The number of fused-ring (bicyclic) bond motifs is 1. The van der Waals surface area contributed by atoms with Crippen LogP contribution in [0.25, 0.3) is 10.2 Å². The normalized spacial score (nSPS) is 11.1. The summed E-state index contributed by atoms with van der Waals surface area (Å²) in [5.41, 5.74) is 4.88. The van der Waals surface area contributed by atoms with Gasteiger partial charge in [0.25, 0.3) is 0 Å². The first-order valence-electron chi connectivity index (χ1n) is 9.57. The highest BCUT2D eigenvalue weighted by Crippen LogP contribution is 2.33. The van der Waals surface area contributed by atoms with Crippen LogP contribution in [-0.2, 0) is 17.8 Å². The molecular formula is C24H20Cl2N2OS. The zero-order chi connectivity index (χ0) is 21.3. The molecule has 30 heavy (non-hydrogen) atoms. The van der Waals surface area contributed by atoms with Crippen molar-refractivity contribution in [3.63, 3.8) is 0 Å². The molecule has 3 nitrogen and oxygen atoms in total. The number of aryl methyl sites for hydroxylation is 2. The van der Waals surface area contributed by atoms with Crippen molar-refractivity contribution in [1.82, 2.24) is 4.98 Å². The van der Waals surface area contributed by atoms with Crippen LogP contribution in [0.15, 0.2) is 60.7 Å². The van der Waals surface area contributed by atoms with Gasteiger partial charge in [0.15, 0.2) is 5.13 Å². The minimum absolute atomic E-state index is 0.0951. The molecule has 0 fully saturated rings. The van der Waals surface area contributed by atoms with Crippen LogP contribution in [0.2, 0.25) is 10.0 Å². The lowest BCUT2D eigenvalue weighted by atomic mass is 10.1. The Hall–Kier alpha value is -2.40. The second kappa shape index (κ2) is 8.76. The van der Waals surface area contributed by atoms with Gasteiger partial charge in [-0.2, -0.15) is 0 Å². The lowest BCUT2D eigenvalue weighted by Crippen LogP contribution is -2.31. The average Bonchev–Trinajstić information content (AvgIpc) is 3.13. The van der Waals surface area contributed by atoms with Crippen LogP contribution < -0.4 is 4.90 Å². The van der Waals surface area contributed by atoms with E-state index in [1.165, 1.54) is 16.9 Å². The fraction of sp³-hybridized carbons (Fsp3) is 0.167. The standard InChI is InChI=1S/C24H20Cl2N2OS/c1-15-11-16(2)23-21(12-15)30-24(27-23)28(14-17-7-4-3-5-8-17)22(29)13-18-19(25)9-6-10-20(18)26/h3-12H,13-14H2,1-2H3. The summed E-state index contributed by atoms with van der Waals surface area (Å²) in [6.07, 6.45) is 0.110. The highest BCUT2D eigenvalue weighted by atomic mass is 35.5. The van der Waals surface area contributed by atoms with Crippen LogP contribution in [0.4, 0.5) is 5.13 Å². The van der Waals surface area contributed by atoms with Gasteiger partial charge in [0, 0.05) is 10.0 Å². The predicted molar refractivity (Wildman–Crippen MR) is 127 cm³/mol. The number of amides is 1. The number of carbonyl (C=O) groups excluding carboxylic acids is 1. The van der Waals surface area contributed by atoms with E-state index in [-0.39, 0.29) is 12.3 Å². The minimum atomic E-state index is -0.0951. The van der Waals surface area contributed by atoms with Crippen LogP contribution >= 0.6 is 34.5 Å². The molecule has 1 heterocycles. The molecule has 0 spiro atoms. The maximum atomic E-state index is 13.4. The molecule has 1 amide bonds. The Morgan fingerprint density at radius 3 is 2.40 bits per heavy atom. The van der Waals surface area contributed by atoms with Crippen LogP contribution in [0, 0.1) is 13.8 Å². The molecule has 4 aromatic rings. The monoisotopic (exact) mass is 454 g/mol. The molecule has 0 atom stereocenters. The van der Waals surface area contributed by atoms with Gasteiger partial charge < -0.3 is 0 Å². The number of rotatable bonds is 5. The molecule has 0 radical (unpaired) electrons. The van der Waals surface area contributed by atoms with Gasteiger partial charge in [-0.15, -0.1) is 0 Å². The van der Waals surface area contributed by atoms with E-state index in [9.17, 15) is 4.79 Å². The smallest absolute Gasteiger partial charge is 0.233 e. The van der Waals surface area contributed by atoms with Crippen molar-refractivity contribution in [2.75, 3.05) is 4.90 Å². The molecule has 4 rings (SSSR count). The van der Waals surface area contributed by atoms with Gasteiger partial charge in [0.1, 0.15) is 0 Å². The average molecular weight is 455 g/mol. The van der Waals surface area contributed by atoms with Gasteiger partial charge in [-0.1, -0.05) is 77.0 Å². The lowest BCUT2D eigenvalue weighted by Gasteiger charge is -2.21. The van der Waals surface area contributed by atoms with E-state index >= 15 is 0 Å². The number of benzene rings is 3. The molecule has 6 heteroatoms. The van der Waals surface area contributed by atoms with Crippen molar-refractivity contribution >= 4 is 55.8 Å². The minimum Gasteiger partial charge on any atom is -0.283 e. The topological polar surface area (TPSA) is 33.2 Å². The number of hydrogen-bond donors (Lipinski definition) is 0. The highest BCUT2D eigenvalue weighted by molar-refractivity contribution is 7.22. The highest BCUT2D eigenvalue weighted by Gasteiger charge is 2.23. The number of halogens is 2. The van der Waals surface area contributed by atoms with E-state index < -0.39 is 0 Å². The molecule has 0 aliphatic rings. The first-order valence-corrected chi connectivity index (χ1v) is 11.1. The Morgan fingerprint density at radius 2 is 1.70 bits per heavy atom. The Morgan fingerprint density at radius 1 is 1.00 bits per heavy atom. The van der Waals surface area contributed by atoms with Gasteiger partial charge in [-0.3, -0.25) is 9.69 Å². The maximum Gasteiger partial charge on any atom is 0.233 e. The van der Waals surface area contributed by atoms with Gasteiger partial charge >= 0.3 is 0 Å². The molecular weight excluding hydrogens is 435 g/mol. The Kier molecular flexibility index (Phi) is 6.09. The first-order chi connectivity index (χ1) is 14.4. The van der Waals surface area contributed by atoms with E-state index in [1.807, 2.05) is 37.3 Å². The van der Waals surface area contributed by atoms with Crippen molar-refractivity contribution < 1.29 is 4.79 Å². The van der Waals surface area contributed by atoms with Crippen molar-refractivity contribution in [3.05, 3.63) is 93.0 Å². The van der Waals surface area contributed by atoms with Gasteiger partial charge in [-0.05, 0) is 54.3 Å². The fourth-order valence-electron chi connectivity index (χ4n) is 3.45. The molecule has 0 saturated carbocycles. The van der Waals surface area contributed by atoms with E-state index in [0.717, 1.165) is 21.3 Å². The summed E-state index contributed by atoms with van der Waals surface area (Å²) in [5, 5.41) is 1.66. The van der Waals surface area contributed by atoms with Crippen molar-refractivity contribution in [2.24, 2.45) is 0 Å². The number of nitrogens with zero attached hydrogens (tertiary/aromatic N) is 2. The summed E-state index contributed by atoms with van der Waals surface area (Å²) >= 11 is 14.2. The van der Waals surface area contributed by atoms with Crippen molar-refractivity contribution in [2.45, 2.75) is 26.8 Å². The number of anilines is 1. The summed E-state index contributed by atoms with van der Waals surface area (Å²) in [5.74, 6) is -0.0951. The number of thiazole rings is 1. The third-order valence-corrected chi connectivity index (χ3v) is 6.66.